The molecule has 1 aromatic heterocycles. The summed E-state index contributed by atoms with van der Waals surface area (Å²) >= 11 is 0. The van der Waals surface area contributed by atoms with Crippen LogP contribution in [0.15, 0.2) is 77.2 Å². The van der Waals surface area contributed by atoms with Crippen LogP contribution in [0.4, 0.5) is 5.69 Å². The van der Waals surface area contributed by atoms with Gasteiger partial charge in [-0.2, -0.15) is 0 Å². The number of carbonyl (C=O) groups excluding carboxylic acids is 2. The molecule has 0 spiro atoms. The highest BCUT2D eigenvalue weighted by Crippen LogP contribution is 2.31. The molecule has 2 amide bonds. The number of aliphatic hydroxyl groups excluding tert-OH is 1. The molecule has 11 nitrogen and oxygen atoms in total. The molecule has 0 bridgehead atoms. The topological polar surface area (TPSA) is 102 Å². The lowest BCUT2D eigenvalue weighted by atomic mass is 10.1. The van der Waals surface area contributed by atoms with Gasteiger partial charge in [0.05, 0.1) is 13.7 Å². The molecule has 3 heterocycles. The summed E-state index contributed by atoms with van der Waals surface area (Å²) in [6.07, 6.45) is -0.869. The van der Waals surface area contributed by atoms with Crippen molar-refractivity contribution < 1.29 is 28.6 Å². The second kappa shape index (κ2) is 16.4. The summed E-state index contributed by atoms with van der Waals surface area (Å²) in [6, 6.07) is 22.8. The van der Waals surface area contributed by atoms with Gasteiger partial charge in [0.15, 0.2) is 0 Å². The fraction of sp³-hybridized carbons (Fsp3) is 0.436. The molecule has 2 aliphatic rings. The van der Waals surface area contributed by atoms with Gasteiger partial charge in [-0.05, 0) is 74.0 Å². The van der Waals surface area contributed by atoms with E-state index in [1.165, 1.54) is 0 Å². The van der Waals surface area contributed by atoms with E-state index < -0.39 is 6.10 Å². The van der Waals surface area contributed by atoms with Crippen LogP contribution in [0.2, 0.25) is 0 Å². The van der Waals surface area contributed by atoms with E-state index in [4.69, 9.17) is 13.9 Å². The lowest BCUT2D eigenvalue weighted by molar-refractivity contribution is -0.134. The van der Waals surface area contributed by atoms with Gasteiger partial charge in [-0.25, -0.2) is 0 Å². The number of methoxy groups -OCH3 is 1. The first kappa shape index (κ1) is 35.3. The smallest absolute Gasteiger partial charge is 0.253 e. The molecule has 50 heavy (non-hydrogen) atoms. The Morgan fingerprint density at radius 3 is 2.10 bits per heavy atom. The van der Waals surface area contributed by atoms with Crippen molar-refractivity contribution in [1.29, 1.82) is 0 Å². The fourth-order valence-corrected chi connectivity index (χ4v) is 6.70. The third-order valence-corrected chi connectivity index (χ3v) is 9.87. The van der Waals surface area contributed by atoms with Crippen molar-refractivity contribution in [1.82, 2.24) is 19.6 Å². The lowest BCUT2D eigenvalue weighted by Gasteiger charge is -2.38. The molecule has 2 fully saturated rings. The lowest BCUT2D eigenvalue weighted by Crippen LogP contribution is -2.54. The quantitative estimate of drug-likeness (QED) is 0.221. The number of furan rings is 1. The number of hydrogen-bond acceptors (Lipinski definition) is 9. The van der Waals surface area contributed by atoms with E-state index in [9.17, 15) is 14.7 Å². The highest BCUT2D eigenvalue weighted by atomic mass is 16.5. The minimum absolute atomic E-state index is 0.0121. The first-order valence-electron chi connectivity index (χ1n) is 17.7. The van der Waals surface area contributed by atoms with Crippen LogP contribution in [0, 0.1) is 0 Å². The molecule has 1 N–H and O–H groups in total. The minimum Gasteiger partial charge on any atom is -0.497 e. The molecule has 0 aliphatic carbocycles. The van der Waals surface area contributed by atoms with Crippen LogP contribution >= 0.6 is 0 Å². The van der Waals surface area contributed by atoms with Crippen molar-refractivity contribution >= 4 is 28.5 Å². The van der Waals surface area contributed by atoms with E-state index >= 15 is 0 Å². The molecular weight excluding hydrogens is 634 g/mol. The van der Waals surface area contributed by atoms with Crippen LogP contribution in [0.1, 0.15) is 41.6 Å². The van der Waals surface area contributed by atoms with Crippen molar-refractivity contribution in [3.63, 3.8) is 0 Å². The van der Waals surface area contributed by atoms with Crippen molar-refractivity contribution in [3.8, 4) is 11.5 Å². The normalized spacial score (nSPS) is 16.4. The molecule has 1 unspecified atom stereocenters. The standard InChI is InChI=1S/C39H49N5O6/c1-4-42(5-2)32-11-6-31-26-36(50-35(31)27-32)38(46)29-7-14-34(15-8-29)49-25-24-40-16-20-43(21-17-40)37(45)28-41-18-22-44(23-19-41)39(47)30-9-12-33(48-3)13-10-30/h6-15,26-27,38,46H,4-5,16-25,28H2,1-3H3. The molecule has 0 radical (unpaired) electrons. The largest absolute Gasteiger partial charge is 0.497 e. The molecule has 266 valence electrons. The predicted molar refractivity (Wildman–Crippen MR) is 194 cm³/mol. The number of piperazine rings is 2. The first-order chi connectivity index (χ1) is 24.3. The van der Waals surface area contributed by atoms with Gasteiger partial charge >= 0.3 is 0 Å². The Morgan fingerprint density at radius 2 is 1.44 bits per heavy atom. The van der Waals surface area contributed by atoms with Crippen LogP contribution in [0.5, 0.6) is 11.5 Å². The average molecular weight is 684 g/mol. The van der Waals surface area contributed by atoms with E-state index in [-0.39, 0.29) is 11.8 Å². The van der Waals surface area contributed by atoms with E-state index in [1.54, 1.807) is 31.4 Å². The van der Waals surface area contributed by atoms with Crippen molar-refractivity contribution in [2.24, 2.45) is 0 Å². The molecule has 2 saturated heterocycles. The van der Waals surface area contributed by atoms with Crippen LogP contribution < -0.4 is 14.4 Å². The SMILES string of the molecule is CCN(CC)c1ccc2cc(C(O)c3ccc(OCCN4CCN(C(=O)CN5CCN(C(=O)c6ccc(OC)cc6)CC5)CC4)cc3)oc2c1. The Morgan fingerprint density at radius 1 is 0.800 bits per heavy atom. The molecule has 4 aromatic rings. The number of benzene rings is 3. The summed E-state index contributed by atoms with van der Waals surface area (Å²) in [5.74, 6) is 2.14. The maximum Gasteiger partial charge on any atom is 0.253 e. The van der Waals surface area contributed by atoms with Gasteiger partial charge < -0.3 is 33.7 Å². The number of rotatable bonds is 13. The van der Waals surface area contributed by atoms with Gasteiger partial charge in [0.25, 0.3) is 5.91 Å². The summed E-state index contributed by atoms with van der Waals surface area (Å²) < 4.78 is 17.3. The minimum atomic E-state index is -0.869. The Kier molecular flexibility index (Phi) is 11.6. The zero-order valence-corrected chi connectivity index (χ0v) is 29.4. The fourth-order valence-electron chi connectivity index (χ4n) is 6.70. The number of ether oxygens (including phenoxy) is 2. The van der Waals surface area contributed by atoms with Crippen molar-refractivity contribution in [3.05, 3.63) is 89.7 Å². The summed E-state index contributed by atoms with van der Waals surface area (Å²) in [4.78, 5) is 36.5. The molecule has 11 heteroatoms. The number of amides is 2. The van der Waals surface area contributed by atoms with Gasteiger partial charge in [-0.1, -0.05) is 12.1 Å². The number of hydrogen-bond donors (Lipinski definition) is 1. The second-order valence-electron chi connectivity index (χ2n) is 12.9. The Hall–Kier alpha value is -4.58. The number of aliphatic hydroxyl groups is 1. The van der Waals surface area contributed by atoms with Gasteiger partial charge in [-0.3, -0.25) is 19.4 Å². The van der Waals surface area contributed by atoms with Crippen LogP contribution in [-0.2, 0) is 4.79 Å². The zero-order valence-electron chi connectivity index (χ0n) is 29.4. The monoisotopic (exact) mass is 683 g/mol. The highest BCUT2D eigenvalue weighted by Gasteiger charge is 2.27. The summed E-state index contributed by atoms with van der Waals surface area (Å²) in [7, 11) is 1.61. The van der Waals surface area contributed by atoms with Crippen molar-refractivity contribution in [2.45, 2.75) is 20.0 Å². The average Bonchev–Trinajstić information content (AvgIpc) is 3.59. The summed E-state index contributed by atoms with van der Waals surface area (Å²) in [6.45, 7) is 13.4. The number of carbonyl (C=O) groups is 2. The van der Waals surface area contributed by atoms with Crippen LogP contribution in [-0.4, -0.2) is 129 Å². The molecule has 6 rings (SSSR count). The van der Waals surface area contributed by atoms with Gasteiger partial charge in [0, 0.05) is 94.7 Å². The summed E-state index contributed by atoms with van der Waals surface area (Å²) in [5.41, 5.74) is 3.27. The third-order valence-electron chi connectivity index (χ3n) is 9.87. The van der Waals surface area contributed by atoms with Gasteiger partial charge in [0.2, 0.25) is 5.91 Å². The molecule has 1 atom stereocenters. The van der Waals surface area contributed by atoms with Crippen LogP contribution in [0.25, 0.3) is 11.0 Å². The van der Waals surface area contributed by atoms with E-state index in [0.717, 1.165) is 66.4 Å². The Balaban J connectivity index is 0.891. The molecule has 2 aliphatic heterocycles. The van der Waals surface area contributed by atoms with Gasteiger partial charge in [-0.15, -0.1) is 0 Å². The summed E-state index contributed by atoms with van der Waals surface area (Å²) in [5, 5.41) is 12.0. The number of nitrogens with zero attached hydrogens (tertiary/aromatic N) is 5. The molecule has 3 aromatic carbocycles. The van der Waals surface area contributed by atoms with E-state index in [2.05, 4.69) is 34.6 Å². The second-order valence-corrected chi connectivity index (χ2v) is 12.9. The zero-order chi connectivity index (χ0) is 35.0. The predicted octanol–water partition coefficient (Wildman–Crippen LogP) is 4.35. The molecule has 0 saturated carbocycles. The molecular formula is C39H49N5O6. The van der Waals surface area contributed by atoms with Crippen molar-refractivity contribution in [2.75, 3.05) is 97.2 Å². The van der Waals surface area contributed by atoms with E-state index in [0.29, 0.717) is 63.7 Å². The Bertz CT molecular complexity index is 1710. The van der Waals surface area contributed by atoms with Crippen LogP contribution in [0.3, 0.4) is 0 Å². The highest BCUT2D eigenvalue weighted by molar-refractivity contribution is 5.94. The number of fused-ring (bicyclic) bond motifs is 1. The van der Waals surface area contributed by atoms with E-state index in [1.807, 2.05) is 52.3 Å². The third kappa shape index (κ3) is 8.40. The maximum atomic E-state index is 13.1. The van der Waals surface area contributed by atoms with Gasteiger partial charge in [0.1, 0.15) is 35.6 Å². The first-order valence-corrected chi connectivity index (χ1v) is 17.7. The Labute approximate surface area is 294 Å². The number of anilines is 1. The maximum absolute atomic E-state index is 13.1.